The van der Waals surface area contributed by atoms with Crippen LogP contribution in [0.5, 0.6) is 0 Å². The third-order valence-corrected chi connectivity index (χ3v) is 6.29. The average Bonchev–Trinajstić information content (AvgIpc) is 3.01. The van der Waals surface area contributed by atoms with E-state index in [1.807, 2.05) is 0 Å². The van der Waals surface area contributed by atoms with Crippen molar-refractivity contribution in [2.75, 3.05) is 19.7 Å². The van der Waals surface area contributed by atoms with Crippen molar-refractivity contribution < 1.29 is 24.5 Å². The van der Waals surface area contributed by atoms with Gasteiger partial charge in [-0.25, -0.2) is 0 Å². The standard InChI is InChI=1S/C20H25NO5/c1-19(25)9-12-26-20(18(19)24)7-10-21(11-8-20)17(23)15-4-2-3-14-13(15)5-6-16(14)22/h2-4,18,24-25H,5-12H2,1H3/t18-,19+/m0/s1. The van der Waals surface area contributed by atoms with E-state index in [0.717, 1.165) is 5.56 Å². The highest BCUT2D eigenvalue weighted by Crippen LogP contribution is 2.40. The van der Waals surface area contributed by atoms with Crippen LogP contribution in [-0.2, 0) is 11.2 Å². The fraction of sp³-hybridized carbons (Fsp3) is 0.600. The fourth-order valence-corrected chi connectivity index (χ4v) is 4.61. The van der Waals surface area contributed by atoms with E-state index in [2.05, 4.69) is 0 Å². The summed E-state index contributed by atoms with van der Waals surface area (Å²) in [6.45, 7) is 2.98. The van der Waals surface area contributed by atoms with Gasteiger partial charge >= 0.3 is 0 Å². The number of fused-ring (bicyclic) bond motifs is 1. The van der Waals surface area contributed by atoms with E-state index in [4.69, 9.17) is 4.74 Å². The summed E-state index contributed by atoms with van der Waals surface area (Å²) in [5, 5.41) is 21.0. The van der Waals surface area contributed by atoms with Crippen molar-refractivity contribution >= 4 is 11.7 Å². The molecule has 2 atom stereocenters. The maximum absolute atomic E-state index is 13.0. The van der Waals surface area contributed by atoms with Crippen LogP contribution in [0.1, 0.15) is 58.9 Å². The summed E-state index contributed by atoms with van der Waals surface area (Å²) in [6.07, 6.45) is 1.52. The molecular weight excluding hydrogens is 334 g/mol. The van der Waals surface area contributed by atoms with E-state index >= 15 is 0 Å². The predicted octanol–water partition coefficient (Wildman–Crippen LogP) is 1.32. The monoisotopic (exact) mass is 359 g/mol. The summed E-state index contributed by atoms with van der Waals surface area (Å²) in [5.74, 6) is 0.0386. The second-order valence-corrected chi connectivity index (χ2v) is 7.97. The van der Waals surface area contributed by atoms with Crippen molar-refractivity contribution in [1.82, 2.24) is 4.90 Å². The number of hydrogen-bond donors (Lipinski definition) is 2. The number of ketones is 1. The largest absolute Gasteiger partial charge is 0.387 e. The molecular formula is C20H25NO5. The van der Waals surface area contributed by atoms with Crippen LogP contribution in [0.15, 0.2) is 18.2 Å². The Morgan fingerprint density at radius 1 is 1.23 bits per heavy atom. The van der Waals surface area contributed by atoms with Crippen LogP contribution in [0.4, 0.5) is 0 Å². The van der Waals surface area contributed by atoms with Gasteiger partial charge in [0.2, 0.25) is 0 Å². The van der Waals surface area contributed by atoms with Crippen molar-refractivity contribution in [3.63, 3.8) is 0 Å². The smallest absolute Gasteiger partial charge is 0.254 e. The Bertz CT molecular complexity index is 749. The quantitative estimate of drug-likeness (QED) is 0.790. The van der Waals surface area contributed by atoms with Crippen LogP contribution in [0.3, 0.4) is 0 Å². The van der Waals surface area contributed by atoms with Gasteiger partial charge in [-0.1, -0.05) is 12.1 Å². The molecule has 0 radical (unpaired) electrons. The number of likely N-dealkylation sites (tertiary alicyclic amines) is 1. The van der Waals surface area contributed by atoms with Gasteiger partial charge in [-0.05, 0) is 37.8 Å². The van der Waals surface area contributed by atoms with E-state index in [-0.39, 0.29) is 11.7 Å². The summed E-state index contributed by atoms with van der Waals surface area (Å²) in [7, 11) is 0. The van der Waals surface area contributed by atoms with Crippen LogP contribution >= 0.6 is 0 Å². The summed E-state index contributed by atoms with van der Waals surface area (Å²) in [4.78, 5) is 26.7. The van der Waals surface area contributed by atoms with Gasteiger partial charge in [0.1, 0.15) is 11.7 Å². The van der Waals surface area contributed by atoms with Gasteiger partial charge in [0, 0.05) is 37.1 Å². The Kier molecular flexibility index (Phi) is 4.17. The lowest BCUT2D eigenvalue weighted by Crippen LogP contribution is -2.64. The van der Waals surface area contributed by atoms with Crippen molar-refractivity contribution in [3.8, 4) is 0 Å². The summed E-state index contributed by atoms with van der Waals surface area (Å²) in [6, 6.07) is 5.35. The van der Waals surface area contributed by atoms with Gasteiger partial charge in [-0.15, -0.1) is 0 Å². The lowest BCUT2D eigenvalue weighted by Gasteiger charge is -2.51. The van der Waals surface area contributed by atoms with Crippen LogP contribution in [0, 0.1) is 0 Å². The first-order valence-corrected chi connectivity index (χ1v) is 9.33. The molecule has 2 heterocycles. The molecule has 0 bridgehead atoms. The van der Waals surface area contributed by atoms with Crippen LogP contribution in [-0.4, -0.2) is 63.8 Å². The minimum atomic E-state index is -1.16. The number of rotatable bonds is 1. The number of nitrogens with zero attached hydrogens (tertiary/aromatic N) is 1. The van der Waals surface area contributed by atoms with Crippen LogP contribution < -0.4 is 0 Å². The van der Waals surface area contributed by atoms with E-state index in [9.17, 15) is 19.8 Å². The first-order chi connectivity index (χ1) is 12.3. The molecule has 2 saturated heterocycles. The molecule has 3 aliphatic rings. The number of amides is 1. The number of ether oxygens (including phenoxy) is 1. The number of aliphatic hydroxyl groups is 2. The number of aliphatic hydroxyl groups excluding tert-OH is 1. The van der Waals surface area contributed by atoms with E-state index < -0.39 is 17.3 Å². The first-order valence-electron chi connectivity index (χ1n) is 9.33. The Morgan fingerprint density at radius 2 is 1.96 bits per heavy atom. The molecule has 0 saturated carbocycles. The highest BCUT2D eigenvalue weighted by molar-refractivity contribution is 6.05. The zero-order valence-corrected chi connectivity index (χ0v) is 15.0. The van der Waals surface area contributed by atoms with Gasteiger partial charge in [0.15, 0.2) is 5.78 Å². The number of carbonyl (C=O) groups excluding carboxylic acids is 2. The zero-order chi connectivity index (χ0) is 18.5. The van der Waals surface area contributed by atoms with Crippen LogP contribution in [0.2, 0.25) is 0 Å². The molecule has 0 aromatic heterocycles. The SMILES string of the molecule is C[C@@]1(O)CCOC2(CCN(C(=O)c3cccc4c3CCC4=O)CC2)[C@H]1O. The first kappa shape index (κ1) is 17.6. The predicted molar refractivity (Wildman–Crippen MR) is 94.2 cm³/mol. The molecule has 6 nitrogen and oxygen atoms in total. The molecule has 4 rings (SSSR count). The molecule has 140 valence electrons. The Balaban J connectivity index is 1.51. The minimum absolute atomic E-state index is 0.0662. The van der Waals surface area contributed by atoms with Crippen LogP contribution in [0.25, 0.3) is 0 Å². The zero-order valence-electron chi connectivity index (χ0n) is 15.0. The third-order valence-electron chi connectivity index (χ3n) is 6.29. The number of carbonyl (C=O) groups is 2. The molecule has 1 amide bonds. The van der Waals surface area contributed by atoms with Gasteiger partial charge in [-0.2, -0.15) is 0 Å². The van der Waals surface area contributed by atoms with Gasteiger partial charge < -0.3 is 19.8 Å². The molecule has 6 heteroatoms. The highest BCUT2D eigenvalue weighted by atomic mass is 16.5. The topological polar surface area (TPSA) is 87.1 Å². The minimum Gasteiger partial charge on any atom is -0.387 e. The third kappa shape index (κ3) is 2.68. The molecule has 1 aromatic rings. The molecule has 2 N–H and O–H groups in total. The van der Waals surface area contributed by atoms with Crippen molar-refractivity contribution in [2.45, 2.75) is 56.3 Å². The molecule has 26 heavy (non-hydrogen) atoms. The molecule has 2 fully saturated rings. The summed E-state index contributed by atoms with van der Waals surface area (Å²) in [5.41, 5.74) is 0.200. The normalized spacial score (nSPS) is 30.5. The highest BCUT2D eigenvalue weighted by Gasteiger charge is 2.53. The molecule has 1 spiro atoms. The number of piperidine rings is 1. The second kappa shape index (κ2) is 6.15. The van der Waals surface area contributed by atoms with E-state index in [0.29, 0.717) is 62.9 Å². The van der Waals surface area contributed by atoms with E-state index in [1.54, 1.807) is 30.0 Å². The molecule has 0 unspecified atom stereocenters. The fourth-order valence-electron chi connectivity index (χ4n) is 4.61. The van der Waals surface area contributed by atoms with Gasteiger partial charge in [0.05, 0.1) is 12.2 Å². The Labute approximate surface area is 152 Å². The lowest BCUT2D eigenvalue weighted by molar-refractivity contribution is -0.244. The number of Topliss-reactive ketones (excluding diaryl/α,β-unsaturated/α-hetero) is 1. The second-order valence-electron chi connectivity index (χ2n) is 7.97. The number of hydrogen-bond acceptors (Lipinski definition) is 5. The van der Waals surface area contributed by atoms with Gasteiger partial charge in [0.25, 0.3) is 5.91 Å². The molecule has 1 aromatic carbocycles. The molecule has 2 aliphatic heterocycles. The molecule has 1 aliphatic carbocycles. The summed E-state index contributed by atoms with van der Waals surface area (Å²) >= 11 is 0. The maximum Gasteiger partial charge on any atom is 0.254 e. The van der Waals surface area contributed by atoms with Crippen molar-refractivity contribution in [3.05, 3.63) is 34.9 Å². The van der Waals surface area contributed by atoms with Crippen molar-refractivity contribution in [2.24, 2.45) is 0 Å². The average molecular weight is 359 g/mol. The van der Waals surface area contributed by atoms with Crippen molar-refractivity contribution in [1.29, 1.82) is 0 Å². The van der Waals surface area contributed by atoms with E-state index in [1.165, 1.54) is 0 Å². The Morgan fingerprint density at radius 3 is 2.69 bits per heavy atom. The lowest BCUT2D eigenvalue weighted by atomic mass is 9.75. The van der Waals surface area contributed by atoms with Gasteiger partial charge in [-0.3, -0.25) is 9.59 Å². The Hall–Kier alpha value is -1.76. The number of benzene rings is 1. The summed E-state index contributed by atoms with van der Waals surface area (Å²) < 4.78 is 5.88. The maximum atomic E-state index is 13.0.